The number of carboxylic acids is 1. The zero-order chi connectivity index (χ0) is 19.4. The van der Waals surface area contributed by atoms with Gasteiger partial charge in [-0.15, -0.1) is 0 Å². The number of carboxylic acid groups (broad SMARTS) is 1. The van der Waals surface area contributed by atoms with Gasteiger partial charge in [0.25, 0.3) is 5.91 Å². The van der Waals surface area contributed by atoms with Crippen LogP contribution in [0.25, 0.3) is 0 Å². The van der Waals surface area contributed by atoms with Crippen molar-refractivity contribution in [1.82, 2.24) is 4.90 Å². The molecule has 0 spiro atoms. The van der Waals surface area contributed by atoms with Gasteiger partial charge < -0.3 is 10.0 Å². The van der Waals surface area contributed by atoms with E-state index in [4.69, 9.17) is 0 Å². The number of aliphatic carboxylic acids is 1. The highest BCUT2D eigenvalue weighted by molar-refractivity contribution is 7.92. The molecule has 1 saturated heterocycles. The first kappa shape index (κ1) is 20.2. The van der Waals surface area contributed by atoms with Crippen molar-refractivity contribution >= 4 is 27.6 Å². The number of rotatable bonds is 7. The molecular weight excluding hydrogens is 356 g/mol. The Morgan fingerprint density at radius 1 is 1.23 bits per heavy atom. The Bertz CT molecular complexity index is 756. The lowest BCUT2D eigenvalue weighted by molar-refractivity contribution is -0.152. The highest BCUT2D eigenvalue weighted by Gasteiger charge is 2.42. The van der Waals surface area contributed by atoms with Crippen LogP contribution in [0.15, 0.2) is 24.3 Å². The number of amides is 1. The molecule has 0 bridgehead atoms. The van der Waals surface area contributed by atoms with Crippen LogP contribution in [-0.2, 0) is 14.8 Å². The number of benzene rings is 1. The number of nitrogens with zero attached hydrogens (tertiary/aromatic N) is 1. The number of hydrogen-bond donors (Lipinski definition) is 2. The summed E-state index contributed by atoms with van der Waals surface area (Å²) in [6.45, 7) is 4.23. The first-order chi connectivity index (χ1) is 12.2. The van der Waals surface area contributed by atoms with E-state index in [1.807, 2.05) is 6.92 Å². The predicted molar refractivity (Wildman–Crippen MR) is 99.6 cm³/mol. The summed E-state index contributed by atoms with van der Waals surface area (Å²) in [5, 5.41) is 9.65. The molecule has 1 aromatic rings. The zero-order valence-corrected chi connectivity index (χ0v) is 16.0. The third kappa shape index (κ3) is 4.55. The molecule has 1 aliphatic heterocycles. The van der Waals surface area contributed by atoms with Crippen molar-refractivity contribution in [2.45, 2.75) is 39.5 Å². The van der Waals surface area contributed by atoms with Crippen LogP contribution in [0.5, 0.6) is 0 Å². The van der Waals surface area contributed by atoms with Crippen LogP contribution in [0, 0.1) is 5.41 Å². The first-order valence-corrected chi connectivity index (χ1v) is 10.5. The summed E-state index contributed by atoms with van der Waals surface area (Å²) in [6.07, 6.45) is 2.54. The second-order valence-electron chi connectivity index (χ2n) is 6.75. The number of carbonyl (C=O) groups excluding carboxylic acids is 1. The molecule has 0 saturated carbocycles. The Balaban J connectivity index is 2.14. The Kier molecular flexibility index (Phi) is 6.28. The van der Waals surface area contributed by atoms with Gasteiger partial charge in [0.05, 0.1) is 11.2 Å². The fourth-order valence-electron chi connectivity index (χ4n) is 3.38. The van der Waals surface area contributed by atoms with E-state index in [0.29, 0.717) is 37.1 Å². The molecule has 8 heteroatoms. The molecule has 1 aromatic carbocycles. The van der Waals surface area contributed by atoms with E-state index in [1.165, 1.54) is 0 Å². The summed E-state index contributed by atoms with van der Waals surface area (Å²) in [4.78, 5) is 26.1. The molecule has 7 nitrogen and oxygen atoms in total. The van der Waals surface area contributed by atoms with Crippen molar-refractivity contribution in [2.75, 3.05) is 23.6 Å². The normalized spacial score (nSPS) is 20.6. The maximum absolute atomic E-state index is 12.8. The van der Waals surface area contributed by atoms with E-state index in [-0.39, 0.29) is 18.2 Å². The minimum absolute atomic E-state index is 0.0316. The molecule has 1 unspecified atom stereocenters. The number of nitrogens with one attached hydrogen (secondary N) is 1. The third-order valence-electron chi connectivity index (χ3n) is 4.83. The van der Waals surface area contributed by atoms with E-state index < -0.39 is 21.4 Å². The molecule has 26 heavy (non-hydrogen) atoms. The molecule has 2 N–H and O–H groups in total. The summed E-state index contributed by atoms with van der Waals surface area (Å²) in [7, 11) is -3.37. The van der Waals surface area contributed by atoms with Crippen molar-refractivity contribution in [3.63, 3.8) is 0 Å². The second-order valence-corrected chi connectivity index (χ2v) is 8.76. The van der Waals surface area contributed by atoms with Crippen LogP contribution >= 0.6 is 0 Å². The van der Waals surface area contributed by atoms with Crippen LogP contribution in [-0.4, -0.2) is 49.1 Å². The summed E-state index contributed by atoms with van der Waals surface area (Å²) in [6, 6.07) is 6.21. The topological polar surface area (TPSA) is 104 Å². The third-order valence-corrected chi connectivity index (χ3v) is 6.14. The molecule has 144 valence electrons. The molecule has 0 aromatic heterocycles. The number of piperidine rings is 1. The fourth-order valence-corrected chi connectivity index (χ4v) is 4.02. The van der Waals surface area contributed by atoms with Crippen LogP contribution in [0.2, 0.25) is 0 Å². The van der Waals surface area contributed by atoms with Crippen LogP contribution in [0.3, 0.4) is 0 Å². The highest BCUT2D eigenvalue weighted by Crippen LogP contribution is 2.35. The molecule has 0 aliphatic carbocycles. The number of likely N-dealkylation sites (tertiary alicyclic amines) is 1. The number of hydrogen-bond acceptors (Lipinski definition) is 4. The smallest absolute Gasteiger partial charge is 0.311 e. The summed E-state index contributed by atoms with van der Waals surface area (Å²) >= 11 is 0. The minimum Gasteiger partial charge on any atom is -0.481 e. The van der Waals surface area contributed by atoms with Gasteiger partial charge in [-0.1, -0.05) is 13.3 Å². The number of sulfonamides is 1. The molecule has 1 heterocycles. The Hall–Kier alpha value is -2.09. The van der Waals surface area contributed by atoms with Crippen molar-refractivity contribution in [3.05, 3.63) is 29.8 Å². The quantitative estimate of drug-likeness (QED) is 0.754. The van der Waals surface area contributed by atoms with Crippen molar-refractivity contribution in [3.8, 4) is 0 Å². The SMILES string of the molecule is CCCC1(C(=O)O)CCCN(C(=O)c2ccc(NS(=O)(=O)CC)cc2)C1. The van der Waals surface area contributed by atoms with Gasteiger partial charge >= 0.3 is 5.97 Å². The Morgan fingerprint density at radius 3 is 2.42 bits per heavy atom. The van der Waals surface area contributed by atoms with Crippen molar-refractivity contribution in [2.24, 2.45) is 5.41 Å². The maximum atomic E-state index is 12.8. The van der Waals surface area contributed by atoms with Gasteiger partial charge in [0.15, 0.2) is 0 Å². The van der Waals surface area contributed by atoms with Crippen LogP contribution in [0.4, 0.5) is 5.69 Å². The summed E-state index contributed by atoms with van der Waals surface area (Å²) in [5.41, 5.74) is -0.0608. The highest BCUT2D eigenvalue weighted by atomic mass is 32.2. The van der Waals surface area contributed by atoms with E-state index >= 15 is 0 Å². The largest absolute Gasteiger partial charge is 0.481 e. The van der Waals surface area contributed by atoms with Gasteiger partial charge in [0.1, 0.15) is 0 Å². The van der Waals surface area contributed by atoms with E-state index in [9.17, 15) is 23.1 Å². The standard InChI is InChI=1S/C18H26N2O5S/c1-3-10-18(17(22)23)11-5-12-20(13-18)16(21)14-6-8-15(9-7-14)19-26(24,25)4-2/h6-9,19H,3-5,10-13H2,1-2H3,(H,22,23). The Labute approximate surface area is 154 Å². The lowest BCUT2D eigenvalue weighted by Crippen LogP contribution is -2.49. The molecule has 1 amide bonds. The van der Waals surface area contributed by atoms with Crippen LogP contribution in [0.1, 0.15) is 49.9 Å². The fraction of sp³-hybridized carbons (Fsp3) is 0.556. The molecule has 1 atom stereocenters. The molecule has 0 radical (unpaired) electrons. The van der Waals surface area contributed by atoms with Crippen molar-refractivity contribution in [1.29, 1.82) is 0 Å². The summed E-state index contributed by atoms with van der Waals surface area (Å²) in [5.74, 6) is -1.10. The second kappa shape index (κ2) is 8.07. The van der Waals surface area contributed by atoms with Gasteiger partial charge in [0, 0.05) is 24.3 Å². The lowest BCUT2D eigenvalue weighted by atomic mass is 9.76. The molecule has 1 aliphatic rings. The van der Waals surface area contributed by atoms with E-state index in [1.54, 1.807) is 36.1 Å². The average molecular weight is 382 g/mol. The molecule has 2 rings (SSSR count). The maximum Gasteiger partial charge on any atom is 0.311 e. The van der Waals surface area contributed by atoms with Crippen LogP contribution < -0.4 is 4.72 Å². The van der Waals surface area contributed by atoms with Gasteiger partial charge in [-0.25, -0.2) is 8.42 Å². The van der Waals surface area contributed by atoms with E-state index in [2.05, 4.69) is 4.72 Å². The lowest BCUT2D eigenvalue weighted by Gasteiger charge is -2.40. The van der Waals surface area contributed by atoms with Gasteiger partial charge in [0.2, 0.25) is 10.0 Å². The average Bonchev–Trinajstić information content (AvgIpc) is 2.62. The number of carbonyl (C=O) groups is 2. The summed E-state index contributed by atoms with van der Waals surface area (Å²) < 4.78 is 25.6. The Morgan fingerprint density at radius 2 is 1.88 bits per heavy atom. The first-order valence-electron chi connectivity index (χ1n) is 8.86. The minimum atomic E-state index is -3.37. The van der Waals surface area contributed by atoms with Crippen molar-refractivity contribution < 1.29 is 23.1 Å². The predicted octanol–water partition coefficient (Wildman–Crippen LogP) is 2.56. The van der Waals surface area contributed by atoms with Gasteiger partial charge in [-0.05, 0) is 50.5 Å². The van der Waals surface area contributed by atoms with Gasteiger partial charge in [-0.3, -0.25) is 14.3 Å². The number of anilines is 1. The molecule has 1 fully saturated rings. The van der Waals surface area contributed by atoms with E-state index in [0.717, 1.165) is 6.42 Å². The van der Waals surface area contributed by atoms with Gasteiger partial charge in [-0.2, -0.15) is 0 Å². The zero-order valence-electron chi connectivity index (χ0n) is 15.2. The molecular formula is C18H26N2O5S. The monoisotopic (exact) mass is 382 g/mol.